The second kappa shape index (κ2) is 7.28. The molecule has 116 valence electrons. The molecule has 2 rings (SSSR count). The molecule has 0 amide bonds. The molecule has 0 atom stereocenters. The SMILES string of the molecule is COc1cc(/C=C\C#N)ccc1OC(=O)c1ccc(C)c(C)c1. The van der Waals surface area contributed by atoms with E-state index < -0.39 is 5.97 Å². The van der Waals surface area contributed by atoms with Gasteiger partial charge in [0, 0.05) is 6.08 Å². The number of benzene rings is 2. The smallest absolute Gasteiger partial charge is 0.343 e. The molecule has 2 aromatic rings. The van der Waals surface area contributed by atoms with Gasteiger partial charge in [0.05, 0.1) is 18.7 Å². The summed E-state index contributed by atoms with van der Waals surface area (Å²) in [5.74, 6) is 0.332. The lowest BCUT2D eigenvalue weighted by molar-refractivity contribution is 0.0729. The average molecular weight is 307 g/mol. The number of carbonyl (C=O) groups is 1. The van der Waals surface area contributed by atoms with Gasteiger partial charge in [-0.1, -0.05) is 12.1 Å². The Morgan fingerprint density at radius 2 is 1.87 bits per heavy atom. The standard InChI is InChI=1S/C19H17NO3/c1-13-6-8-16(11-14(13)2)19(21)23-17-9-7-15(5-4-10-20)12-18(17)22-3/h4-9,11-12H,1-3H3/b5-4-. The summed E-state index contributed by atoms with van der Waals surface area (Å²) >= 11 is 0. The molecule has 0 heterocycles. The van der Waals surface area contributed by atoms with Gasteiger partial charge in [-0.2, -0.15) is 5.26 Å². The summed E-state index contributed by atoms with van der Waals surface area (Å²) in [5, 5.41) is 8.56. The topological polar surface area (TPSA) is 59.3 Å². The third-order valence-corrected chi connectivity index (χ3v) is 3.48. The van der Waals surface area contributed by atoms with E-state index in [9.17, 15) is 4.79 Å². The lowest BCUT2D eigenvalue weighted by atomic mass is 10.1. The van der Waals surface area contributed by atoms with E-state index in [0.717, 1.165) is 16.7 Å². The number of ether oxygens (including phenoxy) is 2. The van der Waals surface area contributed by atoms with Crippen LogP contribution in [0.2, 0.25) is 0 Å². The van der Waals surface area contributed by atoms with Crippen LogP contribution in [0.4, 0.5) is 0 Å². The van der Waals surface area contributed by atoms with E-state index in [1.54, 1.807) is 36.4 Å². The fraction of sp³-hybridized carbons (Fsp3) is 0.158. The average Bonchev–Trinajstić information content (AvgIpc) is 2.56. The van der Waals surface area contributed by atoms with Crippen molar-refractivity contribution in [1.82, 2.24) is 0 Å². The number of nitriles is 1. The Labute approximate surface area is 135 Å². The minimum atomic E-state index is -0.438. The van der Waals surface area contributed by atoms with Gasteiger partial charge in [-0.15, -0.1) is 0 Å². The van der Waals surface area contributed by atoms with Crippen LogP contribution in [0, 0.1) is 25.2 Å². The lowest BCUT2D eigenvalue weighted by Gasteiger charge is -2.10. The number of hydrogen-bond acceptors (Lipinski definition) is 4. The van der Waals surface area contributed by atoms with Crippen molar-refractivity contribution in [2.24, 2.45) is 0 Å². The highest BCUT2D eigenvalue weighted by molar-refractivity contribution is 5.91. The van der Waals surface area contributed by atoms with E-state index in [0.29, 0.717) is 17.1 Å². The Bertz CT molecular complexity index is 801. The van der Waals surface area contributed by atoms with E-state index in [1.165, 1.54) is 13.2 Å². The van der Waals surface area contributed by atoms with Crippen LogP contribution in [0.5, 0.6) is 11.5 Å². The number of nitrogens with zero attached hydrogens (tertiary/aromatic N) is 1. The molecule has 0 saturated heterocycles. The van der Waals surface area contributed by atoms with Crippen molar-refractivity contribution in [3.05, 3.63) is 64.7 Å². The number of hydrogen-bond donors (Lipinski definition) is 0. The molecular weight excluding hydrogens is 290 g/mol. The van der Waals surface area contributed by atoms with Crippen LogP contribution >= 0.6 is 0 Å². The Kier molecular flexibility index (Phi) is 5.16. The Hall–Kier alpha value is -3.06. The summed E-state index contributed by atoms with van der Waals surface area (Å²) in [4.78, 5) is 12.3. The van der Waals surface area contributed by atoms with E-state index in [1.807, 2.05) is 26.0 Å². The molecule has 2 aromatic carbocycles. The van der Waals surface area contributed by atoms with Gasteiger partial charge in [0.1, 0.15) is 0 Å². The molecule has 0 radical (unpaired) electrons. The first-order chi connectivity index (χ1) is 11.0. The largest absolute Gasteiger partial charge is 0.493 e. The molecule has 4 heteroatoms. The van der Waals surface area contributed by atoms with Crippen LogP contribution in [0.1, 0.15) is 27.0 Å². The third kappa shape index (κ3) is 3.98. The highest BCUT2D eigenvalue weighted by Crippen LogP contribution is 2.29. The molecule has 0 aliphatic heterocycles. The van der Waals surface area contributed by atoms with Crippen molar-refractivity contribution in [2.45, 2.75) is 13.8 Å². The Balaban J connectivity index is 2.25. The van der Waals surface area contributed by atoms with Gasteiger partial charge < -0.3 is 9.47 Å². The highest BCUT2D eigenvalue weighted by Gasteiger charge is 2.13. The monoisotopic (exact) mass is 307 g/mol. The number of methoxy groups -OCH3 is 1. The molecule has 0 N–H and O–H groups in total. The Morgan fingerprint density at radius 1 is 1.09 bits per heavy atom. The Morgan fingerprint density at radius 3 is 2.52 bits per heavy atom. The van der Waals surface area contributed by atoms with Crippen molar-refractivity contribution in [1.29, 1.82) is 5.26 Å². The van der Waals surface area contributed by atoms with Crippen LogP contribution in [0.25, 0.3) is 6.08 Å². The minimum absolute atomic E-state index is 0.338. The van der Waals surface area contributed by atoms with Gasteiger partial charge in [0.15, 0.2) is 11.5 Å². The lowest BCUT2D eigenvalue weighted by Crippen LogP contribution is -2.09. The maximum absolute atomic E-state index is 12.3. The van der Waals surface area contributed by atoms with Crippen molar-refractivity contribution in [3.63, 3.8) is 0 Å². The third-order valence-electron chi connectivity index (χ3n) is 3.48. The first kappa shape index (κ1) is 16.3. The number of carbonyl (C=O) groups excluding carboxylic acids is 1. The first-order valence-corrected chi connectivity index (χ1v) is 7.09. The minimum Gasteiger partial charge on any atom is -0.493 e. The summed E-state index contributed by atoms with van der Waals surface area (Å²) in [6.07, 6.45) is 3.02. The molecule has 4 nitrogen and oxygen atoms in total. The predicted molar refractivity (Wildman–Crippen MR) is 88.5 cm³/mol. The van der Waals surface area contributed by atoms with Gasteiger partial charge in [0.2, 0.25) is 0 Å². The summed E-state index contributed by atoms with van der Waals surface area (Å²) < 4.78 is 10.7. The molecule has 23 heavy (non-hydrogen) atoms. The van der Waals surface area contributed by atoms with Crippen molar-refractivity contribution < 1.29 is 14.3 Å². The first-order valence-electron chi connectivity index (χ1n) is 7.09. The molecule has 0 aromatic heterocycles. The summed E-state index contributed by atoms with van der Waals surface area (Å²) in [6, 6.07) is 12.5. The fourth-order valence-electron chi connectivity index (χ4n) is 2.03. The van der Waals surface area contributed by atoms with Crippen molar-refractivity contribution in [2.75, 3.05) is 7.11 Å². The van der Waals surface area contributed by atoms with Gasteiger partial charge in [-0.3, -0.25) is 0 Å². The van der Waals surface area contributed by atoms with E-state index in [4.69, 9.17) is 14.7 Å². The summed E-state index contributed by atoms with van der Waals surface area (Å²) in [5.41, 5.74) is 3.43. The van der Waals surface area contributed by atoms with E-state index >= 15 is 0 Å². The van der Waals surface area contributed by atoms with Gasteiger partial charge in [-0.05, 0) is 60.9 Å². The zero-order valence-electron chi connectivity index (χ0n) is 13.3. The molecule has 0 fully saturated rings. The molecular formula is C19H17NO3. The number of rotatable bonds is 4. The van der Waals surface area contributed by atoms with Crippen molar-refractivity contribution in [3.8, 4) is 17.6 Å². The van der Waals surface area contributed by atoms with Crippen molar-refractivity contribution >= 4 is 12.0 Å². The zero-order valence-corrected chi connectivity index (χ0v) is 13.3. The molecule has 0 saturated carbocycles. The summed E-state index contributed by atoms with van der Waals surface area (Å²) in [7, 11) is 1.50. The second-order valence-electron chi connectivity index (χ2n) is 5.06. The zero-order chi connectivity index (χ0) is 16.8. The quantitative estimate of drug-likeness (QED) is 0.485. The van der Waals surface area contributed by atoms with Gasteiger partial charge in [-0.25, -0.2) is 4.79 Å². The van der Waals surface area contributed by atoms with E-state index in [-0.39, 0.29) is 0 Å². The maximum Gasteiger partial charge on any atom is 0.343 e. The molecule has 0 aliphatic carbocycles. The maximum atomic E-state index is 12.3. The molecule has 0 spiro atoms. The normalized spacial score (nSPS) is 10.3. The van der Waals surface area contributed by atoms with E-state index in [2.05, 4.69) is 0 Å². The molecule has 0 unspecified atom stereocenters. The highest BCUT2D eigenvalue weighted by atomic mass is 16.6. The molecule has 0 aliphatic rings. The van der Waals surface area contributed by atoms with Crippen LogP contribution in [0.15, 0.2) is 42.5 Å². The number of aryl methyl sites for hydroxylation is 2. The second-order valence-corrected chi connectivity index (χ2v) is 5.06. The number of esters is 1. The number of allylic oxidation sites excluding steroid dienone is 1. The molecule has 0 bridgehead atoms. The van der Waals surface area contributed by atoms with Crippen LogP contribution in [0.3, 0.4) is 0 Å². The predicted octanol–water partition coefficient (Wildman–Crippen LogP) is 4.07. The fourth-order valence-corrected chi connectivity index (χ4v) is 2.03. The van der Waals surface area contributed by atoms with Crippen LogP contribution in [-0.2, 0) is 0 Å². The van der Waals surface area contributed by atoms with Gasteiger partial charge in [0.25, 0.3) is 0 Å². The van der Waals surface area contributed by atoms with Gasteiger partial charge >= 0.3 is 5.97 Å². The van der Waals surface area contributed by atoms with Crippen LogP contribution in [-0.4, -0.2) is 13.1 Å². The summed E-state index contributed by atoms with van der Waals surface area (Å²) in [6.45, 7) is 3.93. The van der Waals surface area contributed by atoms with Crippen LogP contribution < -0.4 is 9.47 Å².